The molecule has 0 amide bonds. The molecule has 0 bridgehead atoms. The minimum Gasteiger partial charge on any atom is -0.300 e. The molecule has 0 aliphatic heterocycles. The Labute approximate surface area is 142 Å². The smallest absolute Gasteiger partial charge is 0.144 e. The number of rotatable bonds is 3. The van der Waals surface area contributed by atoms with Crippen LogP contribution in [0.3, 0.4) is 0 Å². The second-order valence-corrected chi connectivity index (χ2v) is 5.85. The highest BCUT2D eigenvalue weighted by Gasteiger charge is 2.09. The molecule has 0 saturated carbocycles. The first kappa shape index (κ1) is 14.5. The summed E-state index contributed by atoms with van der Waals surface area (Å²) in [7, 11) is 0. The zero-order valence-electron chi connectivity index (χ0n) is 13.6. The van der Waals surface area contributed by atoms with Gasteiger partial charge in [0.05, 0.1) is 5.69 Å². The Kier molecular flexibility index (Phi) is 3.72. The van der Waals surface area contributed by atoms with Crippen molar-refractivity contribution in [3.8, 4) is 28.2 Å². The summed E-state index contributed by atoms with van der Waals surface area (Å²) in [6, 6.07) is 29.4. The van der Waals surface area contributed by atoms with Crippen LogP contribution in [-0.4, -0.2) is 9.55 Å². The molecule has 0 saturated heterocycles. The molecule has 0 unspecified atom stereocenters. The van der Waals surface area contributed by atoms with Gasteiger partial charge in [0, 0.05) is 17.4 Å². The molecular weight excluding hydrogens is 292 g/mol. The molecule has 2 nitrogen and oxygen atoms in total. The quantitative estimate of drug-likeness (QED) is 0.487. The number of aryl methyl sites for hydroxylation is 1. The molecule has 1 aromatic heterocycles. The Morgan fingerprint density at radius 3 is 1.79 bits per heavy atom. The highest BCUT2D eigenvalue weighted by molar-refractivity contribution is 5.66. The topological polar surface area (TPSA) is 17.8 Å². The predicted octanol–water partition coefficient (Wildman–Crippen LogP) is 5.51. The highest BCUT2D eigenvalue weighted by atomic mass is 15.1. The molecule has 24 heavy (non-hydrogen) atoms. The Bertz CT molecular complexity index is 936. The van der Waals surface area contributed by atoms with Crippen molar-refractivity contribution in [1.29, 1.82) is 0 Å². The van der Waals surface area contributed by atoms with Crippen LogP contribution in [0.15, 0.2) is 91.1 Å². The number of hydrogen-bond acceptors (Lipinski definition) is 1. The second kappa shape index (κ2) is 6.17. The summed E-state index contributed by atoms with van der Waals surface area (Å²) in [5.41, 5.74) is 5.71. The van der Waals surface area contributed by atoms with E-state index >= 15 is 0 Å². The van der Waals surface area contributed by atoms with Crippen LogP contribution < -0.4 is 0 Å². The fourth-order valence-corrected chi connectivity index (χ4v) is 2.93. The third-order valence-corrected chi connectivity index (χ3v) is 4.11. The van der Waals surface area contributed by atoms with E-state index in [1.54, 1.807) is 0 Å². The van der Waals surface area contributed by atoms with Gasteiger partial charge in [-0.3, -0.25) is 4.57 Å². The van der Waals surface area contributed by atoms with E-state index in [9.17, 15) is 0 Å². The van der Waals surface area contributed by atoms with E-state index in [2.05, 4.69) is 71.4 Å². The lowest BCUT2D eigenvalue weighted by Crippen LogP contribution is -1.96. The molecule has 0 radical (unpaired) electrons. The molecule has 4 rings (SSSR count). The maximum Gasteiger partial charge on any atom is 0.144 e. The SMILES string of the molecule is Cc1cn(-c2ccc(-c3ccccc3)cc2)c(-c2ccccc2)n1. The van der Waals surface area contributed by atoms with Gasteiger partial charge in [0.2, 0.25) is 0 Å². The Hall–Kier alpha value is -3.13. The lowest BCUT2D eigenvalue weighted by molar-refractivity contribution is 1.07. The van der Waals surface area contributed by atoms with Crippen molar-refractivity contribution in [2.45, 2.75) is 6.92 Å². The van der Waals surface area contributed by atoms with Crippen LogP contribution in [0.4, 0.5) is 0 Å². The van der Waals surface area contributed by atoms with Crippen LogP contribution in [0.5, 0.6) is 0 Å². The van der Waals surface area contributed by atoms with Gasteiger partial charge < -0.3 is 0 Å². The molecule has 0 N–H and O–H groups in total. The lowest BCUT2D eigenvalue weighted by Gasteiger charge is -2.09. The molecular formula is C22H18N2. The first-order valence-corrected chi connectivity index (χ1v) is 8.08. The van der Waals surface area contributed by atoms with E-state index in [0.717, 1.165) is 22.8 Å². The summed E-state index contributed by atoms with van der Waals surface area (Å²) in [4.78, 5) is 4.70. The van der Waals surface area contributed by atoms with Crippen molar-refractivity contribution in [1.82, 2.24) is 9.55 Å². The first-order valence-electron chi connectivity index (χ1n) is 8.08. The normalized spacial score (nSPS) is 10.7. The number of benzene rings is 3. The summed E-state index contributed by atoms with van der Waals surface area (Å²) in [6.07, 6.45) is 2.08. The minimum absolute atomic E-state index is 0.973. The molecule has 0 atom stereocenters. The van der Waals surface area contributed by atoms with E-state index in [1.165, 1.54) is 11.1 Å². The molecule has 4 aromatic rings. The number of hydrogen-bond donors (Lipinski definition) is 0. The third-order valence-electron chi connectivity index (χ3n) is 4.11. The lowest BCUT2D eigenvalue weighted by atomic mass is 10.1. The van der Waals surface area contributed by atoms with Crippen LogP contribution in [0, 0.1) is 6.92 Å². The summed E-state index contributed by atoms with van der Waals surface area (Å²) < 4.78 is 2.15. The van der Waals surface area contributed by atoms with Crippen molar-refractivity contribution < 1.29 is 0 Å². The van der Waals surface area contributed by atoms with E-state index in [4.69, 9.17) is 4.98 Å². The van der Waals surface area contributed by atoms with Crippen LogP contribution in [-0.2, 0) is 0 Å². The maximum absolute atomic E-state index is 4.70. The van der Waals surface area contributed by atoms with E-state index in [0.29, 0.717) is 0 Å². The van der Waals surface area contributed by atoms with E-state index in [-0.39, 0.29) is 0 Å². The van der Waals surface area contributed by atoms with Crippen molar-refractivity contribution in [2.24, 2.45) is 0 Å². The molecule has 0 spiro atoms. The fraction of sp³-hybridized carbons (Fsp3) is 0.0455. The minimum atomic E-state index is 0.973. The van der Waals surface area contributed by atoms with Crippen LogP contribution >= 0.6 is 0 Å². The van der Waals surface area contributed by atoms with Gasteiger partial charge in [-0.05, 0) is 30.2 Å². The van der Waals surface area contributed by atoms with Crippen LogP contribution in [0.25, 0.3) is 28.2 Å². The summed E-state index contributed by atoms with van der Waals surface area (Å²) in [5, 5.41) is 0. The van der Waals surface area contributed by atoms with Crippen molar-refractivity contribution >= 4 is 0 Å². The molecule has 0 aliphatic carbocycles. The number of imidazole rings is 1. The second-order valence-electron chi connectivity index (χ2n) is 5.85. The zero-order valence-corrected chi connectivity index (χ0v) is 13.6. The molecule has 0 fully saturated rings. The zero-order chi connectivity index (χ0) is 16.4. The average molecular weight is 310 g/mol. The van der Waals surface area contributed by atoms with Gasteiger partial charge in [-0.15, -0.1) is 0 Å². The summed E-state index contributed by atoms with van der Waals surface area (Å²) >= 11 is 0. The molecule has 0 aliphatic rings. The Balaban J connectivity index is 1.75. The van der Waals surface area contributed by atoms with E-state index < -0.39 is 0 Å². The maximum atomic E-state index is 4.70. The molecule has 1 heterocycles. The van der Waals surface area contributed by atoms with E-state index in [1.807, 2.05) is 31.2 Å². The summed E-state index contributed by atoms with van der Waals surface area (Å²) in [6.45, 7) is 2.03. The van der Waals surface area contributed by atoms with Crippen molar-refractivity contribution in [3.05, 3.63) is 96.8 Å². The Morgan fingerprint density at radius 1 is 0.625 bits per heavy atom. The monoisotopic (exact) mass is 310 g/mol. The van der Waals surface area contributed by atoms with Gasteiger partial charge in [-0.1, -0.05) is 72.8 Å². The van der Waals surface area contributed by atoms with Gasteiger partial charge in [-0.2, -0.15) is 0 Å². The highest BCUT2D eigenvalue weighted by Crippen LogP contribution is 2.25. The van der Waals surface area contributed by atoms with Gasteiger partial charge >= 0.3 is 0 Å². The first-order chi connectivity index (χ1) is 11.8. The standard InChI is InChI=1S/C22H18N2/c1-17-16-24(22(23-17)20-10-6-3-7-11-20)21-14-12-19(13-15-21)18-8-4-2-5-9-18/h2-16H,1H3. The van der Waals surface area contributed by atoms with Crippen molar-refractivity contribution in [2.75, 3.05) is 0 Å². The van der Waals surface area contributed by atoms with Crippen LogP contribution in [0.1, 0.15) is 5.69 Å². The number of aromatic nitrogens is 2. The fourth-order valence-electron chi connectivity index (χ4n) is 2.93. The van der Waals surface area contributed by atoms with Crippen molar-refractivity contribution in [3.63, 3.8) is 0 Å². The third kappa shape index (κ3) is 2.74. The Morgan fingerprint density at radius 2 is 1.17 bits per heavy atom. The molecule has 3 aromatic carbocycles. The van der Waals surface area contributed by atoms with Gasteiger partial charge in [0.15, 0.2) is 0 Å². The molecule has 116 valence electrons. The molecule has 2 heteroatoms. The van der Waals surface area contributed by atoms with Crippen LogP contribution in [0.2, 0.25) is 0 Å². The van der Waals surface area contributed by atoms with Gasteiger partial charge in [-0.25, -0.2) is 4.98 Å². The largest absolute Gasteiger partial charge is 0.300 e. The van der Waals surface area contributed by atoms with Gasteiger partial charge in [0.1, 0.15) is 5.82 Å². The van der Waals surface area contributed by atoms with Gasteiger partial charge in [0.25, 0.3) is 0 Å². The number of nitrogens with zero attached hydrogens (tertiary/aromatic N) is 2. The average Bonchev–Trinajstić information content (AvgIpc) is 3.05. The summed E-state index contributed by atoms with van der Waals surface area (Å²) in [5.74, 6) is 0.973. The predicted molar refractivity (Wildman–Crippen MR) is 99.2 cm³/mol.